The summed E-state index contributed by atoms with van der Waals surface area (Å²) < 4.78 is 25.8. The summed E-state index contributed by atoms with van der Waals surface area (Å²) in [5.74, 6) is 1.35. The number of rotatable bonds is 6. The number of hydrogen-bond acceptors (Lipinski definition) is 6. The lowest BCUT2D eigenvalue weighted by atomic mass is 10.5. The molecule has 0 fully saturated rings. The standard InChI is InChI=1S/C8H12N2O3S2/c1-15(11,12)13-4-5-14-6-8-2-3-9-7-10-8/h2-3,7H,4-6H2,1H3. The molecule has 1 rings (SSSR count). The van der Waals surface area contributed by atoms with Gasteiger partial charge in [-0.15, -0.1) is 0 Å². The molecule has 15 heavy (non-hydrogen) atoms. The van der Waals surface area contributed by atoms with E-state index in [9.17, 15) is 8.42 Å². The summed E-state index contributed by atoms with van der Waals surface area (Å²) in [6.45, 7) is 0.203. The third-order valence-corrected chi connectivity index (χ3v) is 2.97. The fourth-order valence-electron chi connectivity index (χ4n) is 0.825. The molecular formula is C8H12N2O3S2. The van der Waals surface area contributed by atoms with Gasteiger partial charge in [0.1, 0.15) is 6.33 Å². The van der Waals surface area contributed by atoms with Gasteiger partial charge < -0.3 is 0 Å². The summed E-state index contributed by atoms with van der Waals surface area (Å²) in [6.07, 6.45) is 4.21. The first-order chi connectivity index (χ1) is 7.08. The highest BCUT2D eigenvalue weighted by Crippen LogP contribution is 2.08. The fourth-order valence-corrected chi connectivity index (χ4v) is 2.04. The summed E-state index contributed by atoms with van der Waals surface area (Å²) in [6, 6.07) is 1.82. The van der Waals surface area contributed by atoms with Gasteiger partial charge in [0.15, 0.2) is 0 Å². The minimum absolute atomic E-state index is 0.203. The number of thioether (sulfide) groups is 1. The molecular weight excluding hydrogens is 236 g/mol. The number of hydrogen-bond donors (Lipinski definition) is 0. The highest BCUT2D eigenvalue weighted by molar-refractivity contribution is 7.98. The first kappa shape index (κ1) is 12.4. The Bertz CT molecular complexity index is 380. The van der Waals surface area contributed by atoms with E-state index in [1.54, 1.807) is 18.0 Å². The Kier molecular flexibility index (Phi) is 5.00. The van der Waals surface area contributed by atoms with Crippen molar-refractivity contribution < 1.29 is 12.6 Å². The lowest BCUT2D eigenvalue weighted by Gasteiger charge is -2.01. The van der Waals surface area contributed by atoms with Crippen molar-refractivity contribution in [2.45, 2.75) is 5.75 Å². The van der Waals surface area contributed by atoms with Gasteiger partial charge in [0.05, 0.1) is 18.6 Å². The van der Waals surface area contributed by atoms with E-state index >= 15 is 0 Å². The summed E-state index contributed by atoms with van der Waals surface area (Å²) in [4.78, 5) is 7.83. The molecule has 84 valence electrons. The molecule has 0 radical (unpaired) electrons. The van der Waals surface area contributed by atoms with Crippen molar-refractivity contribution in [3.63, 3.8) is 0 Å². The maximum Gasteiger partial charge on any atom is 0.264 e. The summed E-state index contributed by atoms with van der Waals surface area (Å²) >= 11 is 1.57. The van der Waals surface area contributed by atoms with Gasteiger partial charge in [-0.3, -0.25) is 4.18 Å². The van der Waals surface area contributed by atoms with Crippen molar-refractivity contribution >= 4 is 21.9 Å². The Morgan fingerprint density at radius 1 is 1.53 bits per heavy atom. The molecule has 0 unspecified atom stereocenters. The van der Waals surface area contributed by atoms with Crippen LogP contribution in [0, 0.1) is 0 Å². The van der Waals surface area contributed by atoms with Gasteiger partial charge >= 0.3 is 0 Å². The molecule has 0 aliphatic heterocycles. The second kappa shape index (κ2) is 6.04. The fraction of sp³-hybridized carbons (Fsp3) is 0.500. The SMILES string of the molecule is CS(=O)(=O)OCCSCc1ccncn1. The predicted octanol–water partition coefficient (Wildman–Crippen LogP) is 0.686. The van der Waals surface area contributed by atoms with Gasteiger partial charge in [-0.1, -0.05) is 0 Å². The number of aromatic nitrogens is 2. The van der Waals surface area contributed by atoms with E-state index in [-0.39, 0.29) is 6.61 Å². The van der Waals surface area contributed by atoms with Gasteiger partial charge in [-0.2, -0.15) is 20.2 Å². The van der Waals surface area contributed by atoms with Crippen LogP contribution >= 0.6 is 11.8 Å². The highest BCUT2D eigenvalue weighted by Gasteiger charge is 2.00. The predicted molar refractivity (Wildman–Crippen MR) is 59.0 cm³/mol. The van der Waals surface area contributed by atoms with Crippen molar-refractivity contribution in [2.75, 3.05) is 18.6 Å². The van der Waals surface area contributed by atoms with Gasteiger partial charge in [-0.05, 0) is 6.07 Å². The topological polar surface area (TPSA) is 69.2 Å². The minimum atomic E-state index is -3.31. The van der Waals surface area contributed by atoms with Crippen LogP contribution in [0.4, 0.5) is 0 Å². The monoisotopic (exact) mass is 248 g/mol. The maximum absolute atomic E-state index is 10.6. The van der Waals surface area contributed by atoms with Crippen molar-refractivity contribution in [2.24, 2.45) is 0 Å². The van der Waals surface area contributed by atoms with Crippen molar-refractivity contribution in [1.29, 1.82) is 0 Å². The summed E-state index contributed by atoms with van der Waals surface area (Å²) in [5, 5.41) is 0. The van der Waals surface area contributed by atoms with Crippen molar-refractivity contribution in [1.82, 2.24) is 9.97 Å². The average molecular weight is 248 g/mol. The molecule has 1 heterocycles. The van der Waals surface area contributed by atoms with Crippen LogP contribution in [0.1, 0.15) is 5.69 Å². The van der Waals surface area contributed by atoms with E-state index in [1.807, 2.05) is 6.07 Å². The van der Waals surface area contributed by atoms with E-state index < -0.39 is 10.1 Å². The quantitative estimate of drug-likeness (QED) is 0.545. The largest absolute Gasteiger partial charge is 0.269 e. The van der Waals surface area contributed by atoms with Crippen LogP contribution in [0.3, 0.4) is 0 Å². The van der Waals surface area contributed by atoms with E-state index in [2.05, 4.69) is 14.2 Å². The Morgan fingerprint density at radius 2 is 2.33 bits per heavy atom. The van der Waals surface area contributed by atoms with E-state index in [4.69, 9.17) is 0 Å². The maximum atomic E-state index is 10.6. The van der Waals surface area contributed by atoms with Crippen LogP contribution in [-0.2, 0) is 20.1 Å². The molecule has 1 aromatic rings. The van der Waals surface area contributed by atoms with Gasteiger partial charge in [0.2, 0.25) is 0 Å². The third-order valence-electron chi connectivity index (χ3n) is 1.42. The summed E-state index contributed by atoms with van der Waals surface area (Å²) in [5.41, 5.74) is 0.925. The van der Waals surface area contributed by atoms with Gasteiger partial charge in [-0.25, -0.2) is 9.97 Å². The van der Waals surface area contributed by atoms with E-state index in [0.717, 1.165) is 17.7 Å². The van der Waals surface area contributed by atoms with Crippen LogP contribution in [0.25, 0.3) is 0 Å². The molecule has 0 N–H and O–H groups in total. The molecule has 5 nitrogen and oxygen atoms in total. The highest BCUT2D eigenvalue weighted by atomic mass is 32.2. The second-order valence-corrected chi connectivity index (χ2v) is 5.53. The Balaban J connectivity index is 2.13. The average Bonchev–Trinajstić information content (AvgIpc) is 2.17. The Morgan fingerprint density at radius 3 is 2.93 bits per heavy atom. The molecule has 0 spiro atoms. The van der Waals surface area contributed by atoms with E-state index in [1.165, 1.54) is 6.33 Å². The van der Waals surface area contributed by atoms with E-state index in [0.29, 0.717) is 5.75 Å². The molecule has 0 aliphatic rings. The molecule has 0 bridgehead atoms. The molecule has 7 heteroatoms. The first-order valence-electron chi connectivity index (χ1n) is 4.25. The zero-order valence-electron chi connectivity index (χ0n) is 8.29. The zero-order chi connectivity index (χ0) is 11.1. The summed E-state index contributed by atoms with van der Waals surface area (Å²) in [7, 11) is -3.31. The first-order valence-corrected chi connectivity index (χ1v) is 7.22. The molecule has 0 aromatic carbocycles. The molecule has 0 amide bonds. The van der Waals surface area contributed by atoms with Crippen LogP contribution in [0.2, 0.25) is 0 Å². The molecule has 0 saturated heterocycles. The van der Waals surface area contributed by atoms with Crippen molar-refractivity contribution in [3.8, 4) is 0 Å². The molecule has 0 saturated carbocycles. The molecule has 0 atom stereocenters. The van der Waals surface area contributed by atoms with Gasteiger partial charge in [0.25, 0.3) is 10.1 Å². The number of nitrogens with zero attached hydrogens (tertiary/aromatic N) is 2. The third kappa shape index (κ3) is 6.43. The van der Waals surface area contributed by atoms with Crippen molar-refractivity contribution in [3.05, 3.63) is 24.3 Å². The van der Waals surface area contributed by atoms with Gasteiger partial charge in [0, 0.05) is 17.7 Å². The smallest absolute Gasteiger partial charge is 0.264 e. The molecule has 1 aromatic heterocycles. The van der Waals surface area contributed by atoms with Crippen LogP contribution in [0.15, 0.2) is 18.6 Å². The Labute approximate surface area is 93.4 Å². The second-order valence-electron chi connectivity index (χ2n) is 2.78. The molecule has 0 aliphatic carbocycles. The minimum Gasteiger partial charge on any atom is -0.269 e. The lowest BCUT2D eigenvalue weighted by molar-refractivity contribution is 0.345. The van der Waals surface area contributed by atoms with Crippen LogP contribution < -0.4 is 0 Å². The lowest BCUT2D eigenvalue weighted by Crippen LogP contribution is -2.05. The van der Waals surface area contributed by atoms with Crippen LogP contribution in [-0.4, -0.2) is 37.0 Å². The Hall–Kier alpha value is -0.660. The normalized spacial score (nSPS) is 11.5. The van der Waals surface area contributed by atoms with Crippen LogP contribution in [0.5, 0.6) is 0 Å². The zero-order valence-corrected chi connectivity index (χ0v) is 9.92.